The Morgan fingerprint density at radius 1 is 1.50 bits per heavy atom. The zero-order valence-corrected chi connectivity index (χ0v) is 8.82. The minimum absolute atomic E-state index is 0.186. The highest BCUT2D eigenvalue weighted by molar-refractivity contribution is 5.20. The first-order valence-corrected chi connectivity index (χ1v) is 4.61. The predicted octanol–water partition coefficient (Wildman–Crippen LogP) is 0.635. The molecule has 1 aromatic rings. The van der Waals surface area contributed by atoms with Gasteiger partial charge in [-0.25, -0.2) is 0 Å². The largest absolute Gasteiger partial charge is 0.503 e. The van der Waals surface area contributed by atoms with Crippen molar-refractivity contribution < 1.29 is 5.11 Å². The monoisotopic (exact) mass is 196 g/mol. The molecule has 0 aliphatic rings. The molecule has 0 aliphatic carbocycles. The molecule has 0 saturated heterocycles. The Hall–Kier alpha value is -1.29. The predicted molar refractivity (Wildman–Crippen MR) is 55.4 cm³/mol. The van der Waals surface area contributed by atoms with E-state index in [2.05, 4.69) is 0 Å². The highest BCUT2D eigenvalue weighted by atomic mass is 16.3. The van der Waals surface area contributed by atoms with E-state index in [1.807, 2.05) is 30.5 Å². The van der Waals surface area contributed by atoms with Crippen LogP contribution in [0.15, 0.2) is 17.1 Å². The van der Waals surface area contributed by atoms with Crippen LogP contribution in [-0.2, 0) is 13.1 Å². The molecule has 0 aromatic carbocycles. The van der Waals surface area contributed by atoms with E-state index in [9.17, 15) is 9.90 Å². The molecule has 0 spiro atoms. The molecule has 0 bridgehead atoms. The van der Waals surface area contributed by atoms with E-state index in [1.165, 1.54) is 12.3 Å². The molecular weight excluding hydrogens is 180 g/mol. The van der Waals surface area contributed by atoms with Crippen molar-refractivity contribution in [2.45, 2.75) is 20.0 Å². The third-order valence-corrected chi connectivity index (χ3v) is 2.02. The van der Waals surface area contributed by atoms with Crippen LogP contribution in [0.4, 0.5) is 0 Å². The first-order chi connectivity index (χ1) is 6.54. The van der Waals surface area contributed by atoms with Gasteiger partial charge in [-0.3, -0.25) is 4.79 Å². The van der Waals surface area contributed by atoms with Crippen molar-refractivity contribution in [3.05, 3.63) is 28.2 Å². The standard InChI is InChI=1S/C10H16N2O2/c1-4-12-7-10(14)9(13)5-8(12)6-11(2)3/h5,7,14H,4,6H2,1-3H3. The summed E-state index contributed by atoms with van der Waals surface area (Å²) in [5.41, 5.74) is 0.604. The zero-order chi connectivity index (χ0) is 10.7. The fourth-order valence-electron chi connectivity index (χ4n) is 1.36. The van der Waals surface area contributed by atoms with Gasteiger partial charge in [0.15, 0.2) is 5.75 Å². The Morgan fingerprint density at radius 2 is 2.14 bits per heavy atom. The van der Waals surface area contributed by atoms with Gasteiger partial charge in [0.2, 0.25) is 5.43 Å². The summed E-state index contributed by atoms with van der Waals surface area (Å²) in [7, 11) is 3.88. The summed E-state index contributed by atoms with van der Waals surface area (Å²) in [5.74, 6) is -0.186. The van der Waals surface area contributed by atoms with Crippen LogP contribution in [0.2, 0.25) is 0 Å². The molecule has 0 fully saturated rings. The van der Waals surface area contributed by atoms with Crippen LogP contribution in [0.1, 0.15) is 12.6 Å². The van der Waals surface area contributed by atoms with Crippen molar-refractivity contribution in [1.29, 1.82) is 0 Å². The minimum Gasteiger partial charge on any atom is -0.503 e. The number of pyridine rings is 1. The number of hydrogen-bond acceptors (Lipinski definition) is 3. The van der Waals surface area contributed by atoms with Crippen molar-refractivity contribution in [1.82, 2.24) is 9.47 Å². The van der Waals surface area contributed by atoms with E-state index >= 15 is 0 Å². The number of hydrogen-bond donors (Lipinski definition) is 1. The van der Waals surface area contributed by atoms with Gasteiger partial charge in [-0.15, -0.1) is 0 Å². The van der Waals surface area contributed by atoms with E-state index in [0.29, 0.717) is 6.54 Å². The van der Waals surface area contributed by atoms with E-state index in [1.54, 1.807) is 0 Å². The Bertz CT molecular complexity index is 369. The molecule has 1 aromatic heterocycles. The first-order valence-electron chi connectivity index (χ1n) is 4.61. The normalized spacial score (nSPS) is 10.9. The molecule has 0 amide bonds. The summed E-state index contributed by atoms with van der Waals surface area (Å²) in [5, 5.41) is 9.24. The molecule has 0 unspecified atom stereocenters. The van der Waals surface area contributed by atoms with Crippen molar-refractivity contribution in [3.63, 3.8) is 0 Å². The fourth-order valence-corrected chi connectivity index (χ4v) is 1.36. The Morgan fingerprint density at radius 3 is 2.64 bits per heavy atom. The Kier molecular flexibility index (Phi) is 3.30. The van der Waals surface area contributed by atoms with Crippen LogP contribution < -0.4 is 5.43 Å². The summed E-state index contributed by atoms with van der Waals surface area (Å²) in [4.78, 5) is 13.2. The highest BCUT2D eigenvalue weighted by Crippen LogP contribution is 2.06. The number of rotatable bonds is 3. The molecule has 1 heterocycles. The van der Waals surface area contributed by atoms with Crippen molar-refractivity contribution in [2.24, 2.45) is 0 Å². The lowest BCUT2D eigenvalue weighted by molar-refractivity contribution is 0.383. The summed E-state index contributed by atoms with van der Waals surface area (Å²) in [6.07, 6.45) is 1.49. The van der Waals surface area contributed by atoms with E-state index in [0.717, 1.165) is 12.2 Å². The van der Waals surface area contributed by atoms with E-state index in [-0.39, 0.29) is 11.2 Å². The van der Waals surface area contributed by atoms with Gasteiger partial charge in [0, 0.05) is 24.8 Å². The number of aryl methyl sites for hydroxylation is 1. The molecule has 1 N–H and O–H groups in total. The van der Waals surface area contributed by atoms with Gasteiger partial charge < -0.3 is 14.6 Å². The number of aromatic hydroxyl groups is 1. The van der Waals surface area contributed by atoms with Crippen molar-refractivity contribution in [3.8, 4) is 5.75 Å². The van der Waals surface area contributed by atoms with E-state index < -0.39 is 0 Å². The van der Waals surface area contributed by atoms with E-state index in [4.69, 9.17) is 0 Å². The zero-order valence-electron chi connectivity index (χ0n) is 8.82. The maximum absolute atomic E-state index is 11.2. The van der Waals surface area contributed by atoms with Crippen molar-refractivity contribution >= 4 is 0 Å². The average Bonchev–Trinajstić information content (AvgIpc) is 2.10. The van der Waals surface area contributed by atoms with Gasteiger partial charge in [-0.05, 0) is 21.0 Å². The molecule has 0 aliphatic heterocycles. The van der Waals surface area contributed by atoms with Gasteiger partial charge in [-0.1, -0.05) is 0 Å². The third-order valence-electron chi connectivity index (χ3n) is 2.02. The van der Waals surface area contributed by atoms with Crippen LogP contribution >= 0.6 is 0 Å². The number of aromatic nitrogens is 1. The van der Waals surface area contributed by atoms with Gasteiger partial charge in [0.05, 0.1) is 6.20 Å². The highest BCUT2D eigenvalue weighted by Gasteiger charge is 2.04. The summed E-state index contributed by atoms with van der Waals surface area (Å²) >= 11 is 0. The second-order valence-electron chi connectivity index (χ2n) is 3.54. The van der Waals surface area contributed by atoms with Crippen LogP contribution in [0.5, 0.6) is 5.75 Å². The summed E-state index contributed by atoms with van der Waals surface area (Å²) in [6.45, 7) is 3.42. The molecular formula is C10H16N2O2. The Labute approximate surface area is 83.4 Å². The van der Waals surface area contributed by atoms with Crippen LogP contribution in [-0.4, -0.2) is 28.7 Å². The van der Waals surface area contributed by atoms with Crippen molar-refractivity contribution in [2.75, 3.05) is 14.1 Å². The molecule has 1 rings (SSSR count). The summed E-state index contributed by atoms with van der Waals surface area (Å²) < 4.78 is 1.87. The smallest absolute Gasteiger partial charge is 0.223 e. The lowest BCUT2D eigenvalue weighted by Gasteiger charge is -2.15. The molecule has 0 saturated carbocycles. The first kappa shape index (κ1) is 10.8. The average molecular weight is 196 g/mol. The SMILES string of the molecule is CCn1cc(O)c(=O)cc1CN(C)C. The van der Waals surface area contributed by atoms with Crippen LogP contribution in [0.25, 0.3) is 0 Å². The fraction of sp³-hybridized carbons (Fsp3) is 0.500. The minimum atomic E-state index is -0.313. The second kappa shape index (κ2) is 4.28. The molecule has 4 heteroatoms. The van der Waals surface area contributed by atoms with Gasteiger partial charge in [0.1, 0.15) is 0 Å². The van der Waals surface area contributed by atoms with Gasteiger partial charge >= 0.3 is 0 Å². The topological polar surface area (TPSA) is 45.5 Å². The third kappa shape index (κ3) is 2.35. The lowest BCUT2D eigenvalue weighted by Crippen LogP contribution is -2.18. The number of nitrogens with zero attached hydrogens (tertiary/aromatic N) is 2. The molecule has 78 valence electrons. The summed E-state index contributed by atoms with van der Waals surface area (Å²) in [6, 6.07) is 1.48. The van der Waals surface area contributed by atoms with Gasteiger partial charge in [0.25, 0.3) is 0 Å². The second-order valence-corrected chi connectivity index (χ2v) is 3.54. The molecule has 14 heavy (non-hydrogen) atoms. The maximum Gasteiger partial charge on any atom is 0.223 e. The van der Waals surface area contributed by atoms with Crippen LogP contribution in [0.3, 0.4) is 0 Å². The lowest BCUT2D eigenvalue weighted by atomic mass is 10.3. The van der Waals surface area contributed by atoms with Gasteiger partial charge in [-0.2, -0.15) is 0 Å². The van der Waals surface area contributed by atoms with Crippen LogP contribution in [0, 0.1) is 0 Å². The maximum atomic E-state index is 11.2. The Balaban J connectivity index is 3.13. The quantitative estimate of drug-likeness (QED) is 0.771. The molecule has 0 radical (unpaired) electrons. The molecule has 0 atom stereocenters. The molecule has 4 nitrogen and oxygen atoms in total.